The highest BCUT2D eigenvalue weighted by Crippen LogP contribution is 2.30. The van der Waals surface area contributed by atoms with Gasteiger partial charge in [0, 0.05) is 0 Å². The third-order valence-electron chi connectivity index (χ3n) is 2.32. The van der Waals surface area contributed by atoms with Crippen LogP contribution in [0.25, 0.3) is 0 Å². The van der Waals surface area contributed by atoms with E-state index in [9.17, 15) is 27.2 Å². The predicted octanol–water partition coefficient (Wildman–Crippen LogP) is 2.09. The molecular weight excluding hydrogens is 266 g/mol. The van der Waals surface area contributed by atoms with Crippen molar-refractivity contribution in [2.24, 2.45) is 0 Å². The lowest BCUT2D eigenvalue weighted by Gasteiger charge is -2.10. The van der Waals surface area contributed by atoms with E-state index in [1.54, 1.807) is 0 Å². The molecule has 1 aromatic rings. The Morgan fingerprint density at radius 2 is 2.05 bits per heavy atom. The second kappa shape index (κ2) is 5.81. The van der Waals surface area contributed by atoms with Crippen molar-refractivity contribution in [2.45, 2.75) is 25.6 Å². The van der Waals surface area contributed by atoms with Crippen molar-refractivity contribution in [1.29, 1.82) is 0 Å². The highest BCUT2D eigenvalue weighted by molar-refractivity contribution is 5.81. The molecule has 1 N–H and O–H groups in total. The molecule has 0 radical (unpaired) electrons. The van der Waals surface area contributed by atoms with Gasteiger partial charge in [-0.3, -0.25) is 4.79 Å². The summed E-state index contributed by atoms with van der Waals surface area (Å²) in [6, 6.07) is 1.22. The van der Waals surface area contributed by atoms with Gasteiger partial charge in [-0.1, -0.05) is 6.07 Å². The molecule has 19 heavy (non-hydrogen) atoms. The fourth-order valence-electron chi connectivity index (χ4n) is 1.38. The second-order valence-electron chi connectivity index (χ2n) is 3.97. The van der Waals surface area contributed by atoms with Crippen LogP contribution < -0.4 is 5.32 Å². The Morgan fingerprint density at radius 3 is 2.53 bits per heavy atom. The third kappa shape index (κ3) is 4.35. The molecule has 0 fully saturated rings. The molecular formula is C12H11F4NO2. The molecule has 0 aromatic heterocycles. The number of amides is 1. The van der Waals surface area contributed by atoms with E-state index in [2.05, 4.69) is 5.32 Å². The summed E-state index contributed by atoms with van der Waals surface area (Å²) in [4.78, 5) is 21.7. The van der Waals surface area contributed by atoms with Crippen LogP contribution >= 0.6 is 0 Å². The maximum absolute atomic E-state index is 13.4. The van der Waals surface area contributed by atoms with Crippen LogP contribution in [0, 0.1) is 5.82 Å². The highest BCUT2D eigenvalue weighted by Gasteiger charge is 2.31. The van der Waals surface area contributed by atoms with Crippen molar-refractivity contribution in [3.05, 3.63) is 35.1 Å². The van der Waals surface area contributed by atoms with Crippen LogP contribution in [0.15, 0.2) is 18.2 Å². The fraction of sp³-hybridized carbons (Fsp3) is 0.333. The largest absolute Gasteiger partial charge is 0.416 e. The van der Waals surface area contributed by atoms with Gasteiger partial charge in [-0.05, 0) is 24.6 Å². The summed E-state index contributed by atoms with van der Waals surface area (Å²) in [6.07, 6.45) is -4.57. The van der Waals surface area contributed by atoms with Crippen LogP contribution in [0.5, 0.6) is 0 Å². The molecule has 1 aromatic carbocycles. The Labute approximate surface area is 106 Å². The molecule has 1 amide bonds. The molecule has 104 valence electrons. The van der Waals surface area contributed by atoms with Crippen molar-refractivity contribution in [2.75, 3.05) is 0 Å². The number of benzene rings is 1. The van der Waals surface area contributed by atoms with E-state index in [0.29, 0.717) is 18.4 Å². The number of carbonyl (C=O) groups excluding carboxylic acids is 2. The van der Waals surface area contributed by atoms with Gasteiger partial charge in [0.25, 0.3) is 0 Å². The number of hydrogen-bond donors (Lipinski definition) is 1. The SMILES string of the molecule is C[C@@H](C=O)NC(=O)Cc1ccc(C(F)(F)F)cc1F. The first kappa shape index (κ1) is 15.1. The van der Waals surface area contributed by atoms with Gasteiger partial charge in [0.2, 0.25) is 5.91 Å². The number of rotatable bonds is 4. The number of aldehydes is 1. The standard InChI is InChI=1S/C12H11F4NO2/c1-7(6-18)17-11(19)4-8-2-3-9(5-10(8)13)12(14,15)16/h2-3,5-7H,4H2,1H3,(H,17,19)/t7-/m0/s1. The molecule has 0 aliphatic rings. The average molecular weight is 277 g/mol. The molecule has 1 rings (SSSR count). The maximum atomic E-state index is 13.4. The lowest BCUT2D eigenvalue weighted by molar-refractivity contribution is -0.137. The van der Waals surface area contributed by atoms with Gasteiger partial charge in [0.1, 0.15) is 12.1 Å². The normalized spacial score (nSPS) is 12.9. The zero-order valence-electron chi connectivity index (χ0n) is 9.92. The fourth-order valence-corrected chi connectivity index (χ4v) is 1.38. The summed E-state index contributed by atoms with van der Waals surface area (Å²) in [5.41, 5.74) is -1.28. The smallest absolute Gasteiger partial charge is 0.347 e. The minimum absolute atomic E-state index is 0.163. The summed E-state index contributed by atoms with van der Waals surface area (Å²) < 4.78 is 50.3. The molecule has 0 aliphatic carbocycles. The first-order valence-corrected chi connectivity index (χ1v) is 5.34. The molecule has 0 saturated heterocycles. The first-order valence-electron chi connectivity index (χ1n) is 5.34. The number of halogens is 4. The van der Waals surface area contributed by atoms with E-state index < -0.39 is 35.9 Å². The van der Waals surface area contributed by atoms with Crippen molar-refractivity contribution in [3.63, 3.8) is 0 Å². The van der Waals surface area contributed by atoms with Crippen LogP contribution in [-0.4, -0.2) is 18.2 Å². The van der Waals surface area contributed by atoms with Crippen LogP contribution in [0.3, 0.4) is 0 Å². The van der Waals surface area contributed by atoms with Crippen molar-refractivity contribution < 1.29 is 27.2 Å². The molecule has 0 saturated carbocycles. The molecule has 3 nitrogen and oxygen atoms in total. The van der Waals surface area contributed by atoms with Gasteiger partial charge in [-0.25, -0.2) is 4.39 Å². The number of carbonyl (C=O) groups is 2. The molecule has 0 bridgehead atoms. The quantitative estimate of drug-likeness (QED) is 0.676. The van der Waals surface area contributed by atoms with E-state index >= 15 is 0 Å². The number of nitrogens with one attached hydrogen (secondary N) is 1. The topological polar surface area (TPSA) is 46.2 Å². The Bertz CT molecular complexity index is 485. The van der Waals surface area contributed by atoms with E-state index in [-0.39, 0.29) is 5.56 Å². The summed E-state index contributed by atoms with van der Waals surface area (Å²) in [6.45, 7) is 1.42. The third-order valence-corrected chi connectivity index (χ3v) is 2.32. The van der Waals surface area contributed by atoms with Crippen molar-refractivity contribution >= 4 is 12.2 Å². The Balaban J connectivity index is 2.81. The molecule has 0 aliphatic heterocycles. The lowest BCUT2D eigenvalue weighted by Crippen LogP contribution is -2.34. The van der Waals surface area contributed by atoms with Gasteiger partial charge in [-0.2, -0.15) is 13.2 Å². The number of alkyl halides is 3. The van der Waals surface area contributed by atoms with Gasteiger partial charge < -0.3 is 10.1 Å². The minimum Gasteiger partial charge on any atom is -0.347 e. The Hall–Kier alpha value is -1.92. The summed E-state index contributed by atoms with van der Waals surface area (Å²) in [7, 11) is 0. The van der Waals surface area contributed by atoms with Gasteiger partial charge in [0.15, 0.2) is 0 Å². The molecule has 1 atom stereocenters. The zero-order valence-corrected chi connectivity index (χ0v) is 9.92. The van der Waals surface area contributed by atoms with E-state index in [0.717, 1.165) is 6.07 Å². The van der Waals surface area contributed by atoms with E-state index in [1.165, 1.54) is 6.92 Å². The number of hydrogen-bond acceptors (Lipinski definition) is 2. The second-order valence-corrected chi connectivity index (χ2v) is 3.97. The maximum Gasteiger partial charge on any atom is 0.416 e. The lowest BCUT2D eigenvalue weighted by atomic mass is 10.1. The van der Waals surface area contributed by atoms with Crippen LogP contribution in [0.2, 0.25) is 0 Å². The van der Waals surface area contributed by atoms with Crippen LogP contribution in [0.1, 0.15) is 18.1 Å². The molecule has 0 spiro atoms. The summed E-state index contributed by atoms with van der Waals surface area (Å²) >= 11 is 0. The average Bonchev–Trinajstić information content (AvgIpc) is 2.30. The first-order chi connectivity index (χ1) is 8.74. The molecule has 0 unspecified atom stereocenters. The van der Waals surface area contributed by atoms with Gasteiger partial charge in [0.05, 0.1) is 18.0 Å². The van der Waals surface area contributed by atoms with Crippen molar-refractivity contribution in [3.8, 4) is 0 Å². The zero-order chi connectivity index (χ0) is 14.6. The van der Waals surface area contributed by atoms with Gasteiger partial charge >= 0.3 is 6.18 Å². The monoisotopic (exact) mass is 277 g/mol. The predicted molar refractivity (Wildman–Crippen MR) is 58.8 cm³/mol. The molecule has 7 heteroatoms. The van der Waals surface area contributed by atoms with Crippen LogP contribution in [0.4, 0.5) is 17.6 Å². The van der Waals surface area contributed by atoms with E-state index in [1.807, 2.05) is 0 Å². The van der Waals surface area contributed by atoms with E-state index in [4.69, 9.17) is 0 Å². The minimum atomic E-state index is -4.63. The van der Waals surface area contributed by atoms with Crippen LogP contribution in [-0.2, 0) is 22.2 Å². The highest BCUT2D eigenvalue weighted by atomic mass is 19.4. The summed E-state index contributed by atoms with van der Waals surface area (Å²) in [5, 5.41) is 2.25. The Morgan fingerprint density at radius 1 is 1.42 bits per heavy atom. The Kier molecular flexibility index (Phi) is 4.63. The molecule has 0 heterocycles. The summed E-state index contributed by atoms with van der Waals surface area (Å²) in [5.74, 6) is -1.75. The van der Waals surface area contributed by atoms with Gasteiger partial charge in [-0.15, -0.1) is 0 Å². The van der Waals surface area contributed by atoms with Crippen molar-refractivity contribution in [1.82, 2.24) is 5.32 Å².